The van der Waals surface area contributed by atoms with Gasteiger partial charge in [-0.1, -0.05) is 17.2 Å². The molecule has 0 saturated carbocycles. The molecule has 94 valence electrons. The Morgan fingerprint density at radius 1 is 1.76 bits per heavy atom. The highest BCUT2D eigenvalue weighted by Gasteiger charge is 2.31. The molecule has 0 spiro atoms. The highest BCUT2D eigenvalue weighted by Crippen LogP contribution is 2.11. The van der Waals surface area contributed by atoms with Crippen LogP contribution in [-0.4, -0.2) is 27.6 Å². The number of hydrogen-bond donors (Lipinski definition) is 3. The molecule has 1 heterocycles. The standard InChI is InChI=1S/C10H16N4O3/c1-4-10(3,9(11)13-16)12-8(15)7-5-6(2)14-17-7/h5,16H,4H2,1-3H3,(H2,11,13)(H,12,15). The molecular weight excluding hydrogens is 224 g/mol. The van der Waals surface area contributed by atoms with Crippen molar-refractivity contribution in [2.45, 2.75) is 32.7 Å². The monoisotopic (exact) mass is 240 g/mol. The van der Waals surface area contributed by atoms with Gasteiger partial charge >= 0.3 is 0 Å². The number of aryl methyl sites for hydroxylation is 1. The van der Waals surface area contributed by atoms with E-state index in [9.17, 15) is 4.79 Å². The zero-order chi connectivity index (χ0) is 13.1. The highest BCUT2D eigenvalue weighted by atomic mass is 16.5. The second-order valence-corrected chi connectivity index (χ2v) is 3.96. The van der Waals surface area contributed by atoms with Gasteiger partial charge in [0, 0.05) is 6.07 Å². The Balaban J connectivity index is 2.86. The summed E-state index contributed by atoms with van der Waals surface area (Å²) in [6.07, 6.45) is 0.474. The molecule has 0 bridgehead atoms. The van der Waals surface area contributed by atoms with E-state index in [1.165, 1.54) is 6.07 Å². The smallest absolute Gasteiger partial charge is 0.290 e. The molecule has 0 aliphatic carbocycles. The van der Waals surface area contributed by atoms with Crippen LogP contribution >= 0.6 is 0 Å². The summed E-state index contributed by atoms with van der Waals surface area (Å²) in [5.74, 6) is -0.431. The Morgan fingerprint density at radius 2 is 2.41 bits per heavy atom. The number of nitrogens with one attached hydrogen (secondary N) is 1. The Morgan fingerprint density at radius 3 is 2.82 bits per heavy atom. The number of nitrogens with two attached hydrogens (primary N) is 1. The molecule has 0 fully saturated rings. The second kappa shape index (κ2) is 4.86. The molecule has 0 saturated heterocycles. The lowest BCUT2D eigenvalue weighted by atomic mass is 9.97. The molecule has 1 atom stereocenters. The number of aromatic nitrogens is 1. The maximum Gasteiger partial charge on any atom is 0.290 e. The van der Waals surface area contributed by atoms with Crippen molar-refractivity contribution in [3.8, 4) is 0 Å². The summed E-state index contributed by atoms with van der Waals surface area (Å²) in [6.45, 7) is 5.18. The summed E-state index contributed by atoms with van der Waals surface area (Å²) in [4.78, 5) is 11.8. The zero-order valence-corrected chi connectivity index (χ0v) is 10.0. The first-order chi connectivity index (χ1) is 7.92. The summed E-state index contributed by atoms with van der Waals surface area (Å²) in [6, 6.07) is 1.51. The van der Waals surface area contributed by atoms with Gasteiger partial charge in [-0.3, -0.25) is 4.79 Å². The van der Waals surface area contributed by atoms with Gasteiger partial charge in [0.05, 0.1) is 11.2 Å². The van der Waals surface area contributed by atoms with Crippen LogP contribution in [0.15, 0.2) is 15.7 Å². The summed E-state index contributed by atoms with van der Waals surface area (Å²) >= 11 is 0. The molecule has 0 aliphatic rings. The molecule has 7 nitrogen and oxygen atoms in total. The topological polar surface area (TPSA) is 114 Å². The van der Waals surface area contributed by atoms with Crippen molar-refractivity contribution in [1.29, 1.82) is 0 Å². The average molecular weight is 240 g/mol. The number of amides is 1. The lowest BCUT2D eigenvalue weighted by Gasteiger charge is -2.27. The first kappa shape index (κ1) is 13.0. The molecule has 1 amide bonds. The normalized spacial score (nSPS) is 15.4. The number of amidine groups is 1. The average Bonchev–Trinajstić information content (AvgIpc) is 2.74. The predicted molar refractivity (Wildman–Crippen MR) is 60.8 cm³/mol. The summed E-state index contributed by atoms with van der Waals surface area (Å²) in [7, 11) is 0. The predicted octanol–water partition coefficient (Wildman–Crippen LogP) is 0.628. The zero-order valence-electron chi connectivity index (χ0n) is 10.0. The number of carbonyl (C=O) groups excluding carboxylic acids is 1. The van der Waals surface area contributed by atoms with Crippen LogP contribution < -0.4 is 11.1 Å². The SMILES string of the molecule is CCC(C)(NC(=O)c1cc(C)no1)C(N)=NO. The van der Waals surface area contributed by atoms with Crippen molar-refractivity contribution in [2.24, 2.45) is 10.9 Å². The fraction of sp³-hybridized carbons (Fsp3) is 0.500. The van der Waals surface area contributed by atoms with Crippen LogP contribution in [0.2, 0.25) is 0 Å². The van der Waals surface area contributed by atoms with E-state index in [4.69, 9.17) is 15.5 Å². The maximum atomic E-state index is 11.8. The van der Waals surface area contributed by atoms with E-state index >= 15 is 0 Å². The van der Waals surface area contributed by atoms with Gasteiger partial charge in [-0.15, -0.1) is 0 Å². The number of oxime groups is 1. The van der Waals surface area contributed by atoms with Crippen molar-refractivity contribution in [2.75, 3.05) is 0 Å². The van der Waals surface area contributed by atoms with Crippen molar-refractivity contribution in [3.63, 3.8) is 0 Å². The van der Waals surface area contributed by atoms with Gasteiger partial charge in [0.15, 0.2) is 5.84 Å². The Hall–Kier alpha value is -2.05. The van der Waals surface area contributed by atoms with Crippen LogP contribution in [0.25, 0.3) is 0 Å². The van der Waals surface area contributed by atoms with Gasteiger partial charge in [-0.2, -0.15) is 0 Å². The van der Waals surface area contributed by atoms with Crippen LogP contribution in [0.5, 0.6) is 0 Å². The van der Waals surface area contributed by atoms with Crippen molar-refractivity contribution >= 4 is 11.7 Å². The number of rotatable bonds is 4. The third kappa shape index (κ3) is 2.74. The van der Waals surface area contributed by atoms with Crippen molar-refractivity contribution in [1.82, 2.24) is 10.5 Å². The van der Waals surface area contributed by atoms with E-state index in [2.05, 4.69) is 15.6 Å². The van der Waals surface area contributed by atoms with Gasteiger partial charge in [0.2, 0.25) is 5.76 Å². The van der Waals surface area contributed by atoms with Gasteiger partial charge in [-0.25, -0.2) is 0 Å². The molecule has 1 aromatic rings. The molecule has 1 aromatic heterocycles. The van der Waals surface area contributed by atoms with Gasteiger partial charge in [-0.05, 0) is 20.3 Å². The lowest BCUT2D eigenvalue weighted by molar-refractivity contribution is 0.0887. The van der Waals surface area contributed by atoms with Crippen LogP contribution in [0, 0.1) is 6.92 Å². The third-order valence-corrected chi connectivity index (χ3v) is 2.62. The van der Waals surface area contributed by atoms with E-state index in [-0.39, 0.29) is 11.6 Å². The van der Waals surface area contributed by atoms with Crippen molar-refractivity contribution in [3.05, 3.63) is 17.5 Å². The van der Waals surface area contributed by atoms with E-state index in [0.717, 1.165) is 0 Å². The maximum absolute atomic E-state index is 11.8. The van der Waals surface area contributed by atoms with Gasteiger partial charge in [0.1, 0.15) is 0 Å². The molecule has 7 heteroatoms. The molecular formula is C10H16N4O3. The van der Waals surface area contributed by atoms with Crippen LogP contribution in [0.3, 0.4) is 0 Å². The van der Waals surface area contributed by atoms with E-state index in [0.29, 0.717) is 12.1 Å². The fourth-order valence-electron chi connectivity index (χ4n) is 1.23. The largest absolute Gasteiger partial charge is 0.409 e. The fourth-order valence-corrected chi connectivity index (χ4v) is 1.23. The second-order valence-electron chi connectivity index (χ2n) is 3.96. The Kier molecular flexibility index (Phi) is 3.72. The summed E-state index contributed by atoms with van der Waals surface area (Å²) < 4.78 is 4.82. The minimum atomic E-state index is -0.924. The van der Waals surface area contributed by atoms with Crippen LogP contribution in [0.1, 0.15) is 36.5 Å². The Bertz CT molecular complexity index is 441. The molecule has 17 heavy (non-hydrogen) atoms. The molecule has 0 radical (unpaired) electrons. The molecule has 1 unspecified atom stereocenters. The van der Waals surface area contributed by atoms with E-state index in [1.54, 1.807) is 13.8 Å². The Labute approximate surface area is 98.6 Å². The van der Waals surface area contributed by atoms with Gasteiger partial charge < -0.3 is 20.8 Å². The summed E-state index contributed by atoms with van der Waals surface area (Å²) in [5.41, 5.74) is 5.22. The number of carbonyl (C=O) groups is 1. The molecule has 0 aliphatic heterocycles. The first-order valence-corrected chi connectivity index (χ1v) is 5.16. The third-order valence-electron chi connectivity index (χ3n) is 2.62. The summed E-state index contributed by atoms with van der Waals surface area (Å²) in [5, 5.41) is 17.8. The minimum absolute atomic E-state index is 0.0652. The molecule has 1 rings (SSSR count). The highest BCUT2D eigenvalue weighted by molar-refractivity contribution is 5.98. The molecule has 0 aromatic carbocycles. The quantitative estimate of drug-likeness (QED) is 0.309. The number of hydrogen-bond acceptors (Lipinski definition) is 5. The van der Waals surface area contributed by atoms with E-state index < -0.39 is 11.4 Å². The van der Waals surface area contributed by atoms with E-state index in [1.807, 2.05) is 6.92 Å². The lowest BCUT2D eigenvalue weighted by Crippen LogP contribution is -2.55. The van der Waals surface area contributed by atoms with Crippen molar-refractivity contribution < 1.29 is 14.5 Å². The van der Waals surface area contributed by atoms with Gasteiger partial charge in [0.25, 0.3) is 5.91 Å². The number of nitrogens with zero attached hydrogens (tertiary/aromatic N) is 2. The molecule has 4 N–H and O–H groups in total. The van der Waals surface area contributed by atoms with Crippen LogP contribution in [-0.2, 0) is 0 Å². The van der Waals surface area contributed by atoms with Crippen LogP contribution in [0.4, 0.5) is 0 Å². The minimum Gasteiger partial charge on any atom is -0.409 e. The first-order valence-electron chi connectivity index (χ1n) is 5.16.